The Kier molecular flexibility index (Phi) is 7.24. The van der Waals surface area contributed by atoms with Crippen LogP contribution in [-0.4, -0.2) is 65.7 Å². The number of piperazine rings is 1. The lowest BCUT2D eigenvalue weighted by atomic mass is 10.1. The third kappa shape index (κ3) is 6.05. The van der Waals surface area contributed by atoms with Crippen molar-refractivity contribution in [3.63, 3.8) is 0 Å². The molecule has 2 aromatic carbocycles. The highest BCUT2D eigenvalue weighted by Crippen LogP contribution is 2.37. The van der Waals surface area contributed by atoms with E-state index in [9.17, 15) is 14.0 Å². The predicted molar refractivity (Wildman–Crippen MR) is 132 cm³/mol. The predicted octanol–water partition coefficient (Wildman–Crippen LogP) is 4.71. The molecule has 4 rings (SSSR count). The number of nitrogens with zero attached hydrogens (tertiary/aromatic N) is 3. The van der Waals surface area contributed by atoms with E-state index < -0.39 is 17.8 Å². The van der Waals surface area contributed by atoms with Gasteiger partial charge in [0.25, 0.3) is 5.91 Å². The summed E-state index contributed by atoms with van der Waals surface area (Å²) in [5, 5.41) is 0.455. The van der Waals surface area contributed by atoms with E-state index in [2.05, 4.69) is 4.90 Å². The van der Waals surface area contributed by atoms with Crippen LogP contribution in [0.25, 0.3) is 0 Å². The molecule has 7 nitrogen and oxygen atoms in total. The minimum absolute atomic E-state index is 0.0314. The van der Waals surface area contributed by atoms with E-state index in [0.29, 0.717) is 42.6 Å². The maximum Gasteiger partial charge on any atom is 0.415 e. The lowest BCUT2D eigenvalue weighted by molar-refractivity contribution is -0.143. The Morgan fingerprint density at radius 2 is 1.83 bits per heavy atom. The van der Waals surface area contributed by atoms with Gasteiger partial charge in [-0.2, -0.15) is 0 Å². The standard InChI is InChI=1S/C26H31ClFN3O4/c1-17-14-29(15-18-5-8-20(28)9-6-18)11-12-30(17)24(32)23-16-31(25(33)35-26(2,3)4)21-13-19(27)7-10-22(21)34-23/h5-10,13,17,23H,11-12,14-16H2,1-4H3/t17-,23?/m1/s1. The van der Waals surface area contributed by atoms with Gasteiger partial charge in [-0.05, 0) is 63.6 Å². The quantitative estimate of drug-likeness (QED) is 0.607. The number of ether oxygens (including phenoxy) is 2. The molecule has 188 valence electrons. The number of rotatable bonds is 3. The van der Waals surface area contributed by atoms with Crippen molar-refractivity contribution in [1.82, 2.24) is 9.80 Å². The molecule has 35 heavy (non-hydrogen) atoms. The van der Waals surface area contributed by atoms with Crippen molar-refractivity contribution in [3.05, 3.63) is 58.9 Å². The summed E-state index contributed by atoms with van der Waals surface area (Å²) >= 11 is 6.17. The highest BCUT2D eigenvalue weighted by atomic mass is 35.5. The second-order valence-corrected chi connectivity index (χ2v) is 10.5. The lowest BCUT2D eigenvalue weighted by Crippen LogP contribution is -2.59. The van der Waals surface area contributed by atoms with Crippen LogP contribution in [0.1, 0.15) is 33.3 Å². The molecule has 2 heterocycles. The molecule has 9 heteroatoms. The first-order valence-corrected chi connectivity index (χ1v) is 12.1. The molecule has 1 unspecified atom stereocenters. The van der Waals surface area contributed by atoms with Gasteiger partial charge in [-0.15, -0.1) is 0 Å². The Morgan fingerprint density at radius 1 is 1.11 bits per heavy atom. The van der Waals surface area contributed by atoms with Gasteiger partial charge in [0.1, 0.15) is 17.2 Å². The average Bonchev–Trinajstić information content (AvgIpc) is 2.78. The number of hydrogen-bond donors (Lipinski definition) is 0. The molecule has 2 aliphatic rings. The van der Waals surface area contributed by atoms with Gasteiger partial charge in [0, 0.05) is 37.2 Å². The van der Waals surface area contributed by atoms with Gasteiger partial charge in [-0.1, -0.05) is 23.7 Å². The van der Waals surface area contributed by atoms with Crippen molar-refractivity contribution in [1.29, 1.82) is 0 Å². The minimum Gasteiger partial charge on any atom is -0.476 e. The topological polar surface area (TPSA) is 62.3 Å². The summed E-state index contributed by atoms with van der Waals surface area (Å²) in [4.78, 5) is 32.0. The summed E-state index contributed by atoms with van der Waals surface area (Å²) in [6.07, 6.45) is -1.42. The van der Waals surface area contributed by atoms with E-state index in [1.165, 1.54) is 17.0 Å². The summed E-state index contributed by atoms with van der Waals surface area (Å²) in [5.41, 5.74) is 0.813. The second-order valence-electron chi connectivity index (χ2n) is 10.1. The van der Waals surface area contributed by atoms with Crippen molar-refractivity contribution in [2.24, 2.45) is 0 Å². The molecule has 0 spiro atoms. The van der Waals surface area contributed by atoms with Crippen molar-refractivity contribution in [2.75, 3.05) is 31.1 Å². The summed E-state index contributed by atoms with van der Waals surface area (Å²) in [6, 6.07) is 11.4. The maximum atomic E-state index is 13.5. The molecule has 0 radical (unpaired) electrons. The summed E-state index contributed by atoms with van der Waals surface area (Å²) in [6.45, 7) is 9.98. The molecule has 1 saturated heterocycles. The Hall–Kier alpha value is -2.84. The van der Waals surface area contributed by atoms with E-state index in [0.717, 1.165) is 5.56 Å². The molecule has 0 saturated carbocycles. The van der Waals surface area contributed by atoms with Gasteiger partial charge in [-0.25, -0.2) is 9.18 Å². The van der Waals surface area contributed by atoms with Crippen LogP contribution in [0.15, 0.2) is 42.5 Å². The third-order valence-electron chi connectivity index (χ3n) is 6.03. The van der Waals surface area contributed by atoms with Crippen molar-refractivity contribution in [3.8, 4) is 5.75 Å². The Bertz CT molecular complexity index is 1090. The van der Waals surface area contributed by atoms with E-state index >= 15 is 0 Å². The number of halogens is 2. The largest absolute Gasteiger partial charge is 0.476 e. The second kappa shape index (κ2) is 10.0. The number of carbonyl (C=O) groups excluding carboxylic acids is 2. The first-order valence-electron chi connectivity index (χ1n) is 11.7. The SMILES string of the molecule is C[C@@H]1CN(Cc2ccc(F)cc2)CCN1C(=O)C1CN(C(=O)OC(C)(C)C)c2cc(Cl)ccc2O1. The van der Waals surface area contributed by atoms with Gasteiger partial charge in [0.2, 0.25) is 0 Å². The molecule has 0 bridgehead atoms. The highest BCUT2D eigenvalue weighted by Gasteiger charge is 2.40. The number of carbonyl (C=O) groups is 2. The summed E-state index contributed by atoms with van der Waals surface area (Å²) in [5.74, 6) is -0.0187. The summed E-state index contributed by atoms with van der Waals surface area (Å²) in [7, 11) is 0. The van der Waals surface area contributed by atoms with E-state index in [-0.39, 0.29) is 24.3 Å². The molecule has 1 fully saturated rings. The lowest BCUT2D eigenvalue weighted by Gasteiger charge is -2.43. The van der Waals surface area contributed by atoms with Gasteiger partial charge in [0.05, 0.1) is 12.2 Å². The number of hydrogen-bond acceptors (Lipinski definition) is 5. The molecule has 2 atom stereocenters. The van der Waals surface area contributed by atoms with Crippen molar-refractivity contribution in [2.45, 2.75) is 52.0 Å². The zero-order chi connectivity index (χ0) is 25.3. The smallest absolute Gasteiger partial charge is 0.415 e. The molecule has 2 amide bonds. The Balaban J connectivity index is 1.46. The summed E-state index contributed by atoms with van der Waals surface area (Å²) < 4.78 is 24.8. The fourth-order valence-electron chi connectivity index (χ4n) is 4.41. The van der Waals surface area contributed by atoms with Crippen LogP contribution >= 0.6 is 11.6 Å². The monoisotopic (exact) mass is 503 g/mol. The van der Waals surface area contributed by atoms with E-state index in [1.54, 1.807) is 56.0 Å². The number of anilines is 1. The fraction of sp³-hybridized carbons (Fsp3) is 0.462. The van der Waals surface area contributed by atoms with Crippen molar-refractivity contribution < 1.29 is 23.5 Å². The van der Waals surface area contributed by atoms with Crippen molar-refractivity contribution >= 4 is 29.3 Å². The van der Waals surface area contributed by atoms with Crippen LogP contribution in [0.5, 0.6) is 5.75 Å². The zero-order valence-electron chi connectivity index (χ0n) is 20.5. The highest BCUT2D eigenvalue weighted by molar-refractivity contribution is 6.31. The molecule has 0 aromatic heterocycles. The van der Waals surface area contributed by atoms with E-state index in [1.807, 2.05) is 6.92 Å². The van der Waals surface area contributed by atoms with Crippen LogP contribution < -0.4 is 9.64 Å². The fourth-order valence-corrected chi connectivity index (χ4v) is 4.58. The van der Waals surface area contributed by atoms with E-state index in [4.69, 9.17) is 21.1 Å². The molecular formula is C26H31ClFN3O4. The normalized spacial score (nSPS) is 20.7. The number of fused-ring (bicyclic) bond motifs is 1. The molecule has 0 aliphatic carbocycles. The zero-order valence-corrected chi connectivity index (χ0v) is 21.2. The molecule has 2 aromatic rings. The van der Waals surface area contributed by atoms with Gasteiger partial charge in [0.15, 0.2) is 6.10 Å². The molecular weight excluding hydrogens is 473 g/mol. The Morgan fingerprint density at radius 3 is 2.49 bits per heavy atom. The van der Waals surface area contributed by atoms with Gasteiger partial charge < -0.3 is 14.4 Å². The van der Waals surface area contributed by atoms with Crippen LogP contribution in [-0.2, 0) is 16.1 Å². The molecule has 2 aliphatic heterocycles. The van der Waals surface area contributed by atoms with Gasteiger partial charge in [-0.3, -0.25) is 14.6 Å². The maximum absolute atomic E-state index is 13.5. The Labute approximate surface area is 210 Å². The first kappa shape index (κ1) is 25.3. The number of benzene rings is 2. The number of amides is 2. The third-order valence-corrected chi connectivity index (χ3v) is 6.27. The minimum atomic E-state index is -0.859. The molecule has 0 N–H and O–H groups in total. The van der Waals surface area contributed by atoms with Gasteiger partial charge >= 0.3 is 6.09 Å². The average molecular weight is 504 g/mol. The van der Waals surface area contributed by atoms with Crippen LogP contribution in [0.4, 0.5) is 14.9 Å². The van der Waals surface area contributed by atoms with Crippen LogP contribution in [0.3, 0.4) is 0 Å². The first-order chi connectivity index (χ1) is 16.5. The van der Waals surface area contributed by atoms with Crippen LogP contribution in [0, 0.1) is 5.82 Å². The van der Waals surface area contributed by atoms with Crippen LogP contribution in [0.2, 0.25) is 5.02 Å².